The van der Waals surface area contributed by atoms with E-state index in [9.17, 15) is 13.2 Å². The normalized spacial score (nSPS) is 16.1. The maximum absolute atomic E-state index is 13.1. The standard InChI is InChI=1S/C24H32N2O5S/c1-5-30-21-12-11-18(16-22(21)31-6-2)23(17(3)4)25-24(27)19-9-7-10-20(15-19)26-13-8-14-32(26,28)29/h7,9-12,15-17,23H,5-6,8,13-14H2,1-4H3,(H,25,27). The molecule has 0 bridgehead atoms. The van der Waals surface area contributed by atoms with Gasteiger partial charge >= 0.3 is 0 Å². The second-order valence-electron chi connectivity index (χ2n) is 8.06. The van der Waals surface area contributed by atoms with Crippen molar-refractivity contribution < 1.29 is 22.7 Å². The lowest BCUT2D eigenvalue weighted by Gasteiger charge is -2.24. The van der Waals surface area contributed by atoms with Crippen molar-refractivity contribution in [2.45, 2.75) is 40.2 Å². The van der Waals surface area contributed by atoms with Gasteiger partial charge < -0.3 is 14.8 Å². The van der Waals surface area contributed by atoms with E-state index >= 15 is 0 Å². The monoisotopic (exact) mass is 460 g/mol. The summed E-state index contributed by atoms with van der Waals surface area (Å²) >= 11 is 0. The highest BCUT2D eigenvalue weighted by molar-refractivity contribution is 7.93. The molecule has 1 unspecified atom stereocenters. The zero-order chi connectivity index (χ0) is 23.3. The number of rotatable bonds is 9. The van der Waals surface area contributed by atoms with Crippen LogP contribution in [0.1, 0.15) is 56.1 Å². The third-order valence-corrected chi connectivity index (χ3v) is 7.24. The second-order valence-corrected chi connectivity index (χ2v) is 10.1. The van der Waals surface area contributed by atoms with E-state index in [4.69, 9.17) is 9.47 Å². The molecular weight excluding hydrogens is 428 g/mol. The summed E-state index contributed by atoms with van der Waals surface area (Å²) in [5.41, 5.74) is 1.86. The second kappa shape index (κ2) is 10.3. The molecule has 0 aliphatic carbocycles. The molecule has 1 aliphatic rings. The summed E-state index contributed by atoms with van der Waals surface area (Å²) in [6.45, 7) is 9.39. The molecule has 0 radical (unpaired) electrons. The topological polar surface area (TPSA) is 84.9 Å². The van der Waals surface area contributed by atoms with Gasteiger partial charge in [-0.1, -0.05) is 26.0 Å². The fourth-order valence-corrected chi connectivity index (χ4v) is 5.41. The minimum atomic E-state index is -3.31. The number of benzene rings is 2. The fraction of sp³-hybridized carbons (Fsp3) is 0.458. The maximum Gasteiger partial charge on any atom is 0.251 e. The van der Waals surface area contributed by atoms with Crippen molar-refractivity contribution in [1.29, 1.82) is 0 Å². The summed E-state index contributed by atoms with van der Waals surface area (Å²) in [7, 11) is -3.31. The van der Waals surface area contributed by atoms with Gasteiger partial charge in [-0.05, 0) is 62.1 Å². The average molecular weight is 461 g/mol. The van der Waals surface area contributed by atoms with Crippen LogP contribution < -0.4 is 19.1 Å². The molecule has 1 saturated heterocycles. The lowest BCUT2D eigenvalue weighted by atomic mass is 9.95. The molecule has 3 rings (SSSR count). The Morgan fingerprint density at radius 2 is 1.78 bits per heavy atom. The zero-order valence-electron chi connectivity index (χ0n) is 19.1. The van der Waals surface area contributed by atoms with E-state index in [2.05, 4.69) is 5.32 Å². The van der Waals surface area contributed by atoms with E-state index < -0.39 is 10.0 Å². The maximum atomic E-state index is 13.1. The van der Waals surface area contributed by atoms with E-state index in [1.54, 1.807) is 24.3 Å². The predicted octanol–water partition coefficient (Wildman–Crippen LogP) is 4.15. The number of amides is 1. The van der Waals surface area contributed by atoms with Gasteiger partial charge in [0.25, 0.3) is 5.91 Å². The summed E-state index contributed by atoms with van der Waals surface area (Å²) < 4.78 is 37.3. The Balaban J connectivity index is 1.85. The molecule has 1 amide bonds. The van der Waals surface area contributed by atoms with E-state index in [-0.39, 0.29) is 23.6 Å². The molecule has 7 nitrogen and oxygen atoms in total. The Morgan fingerprint density at radius 3 is 2.41 bits per heavy atom. The molecule has 1 N–H and O–H groups in total. The number of carbonyl (C=O) groups excluding carboxylic acids is 1. The van der Waals surface area contributed by atoms with Gasteiger partial charge in [-0.3, -0.25) is 9.10 Å². The average Bonchev–Trinajstić information content (AvgIpc) is 3.12. The molecule has 2 aromatic rings. The Hall–Kier alpha value is -2.74. The summed E-state index contributed by atoms with van der Waals surface area (Å²) in [6, 6.07) is 12.2. The first-order valence-electron chi connectivity index (χ1n) is 11.1. The van der Waals surface area contributed by atoms with Crippen LogP contribution in [0.3, 0.4) is 0 Å². The third kappa shape index (κ3) is 5.35. The van der Waals surface area contributed by atoms with Crippen LogP contribution in [-0.2, 0) is 10.0 Å². The predicted molar refractivity (Wildman–Crippen MR) is 126 cm³/mol. The van der Waals surface area contributed by atoms with E-state index in [0.29, 0.717) is 48.9 Å². The number of anilines is 1. The fourth-order valence-electron chi connectivity index (χ4n) is 3.85. The van der Waals surface area contributed by atoms with E-state index in [1.165, 1.54) is 4.31 Å². The molecule has 0 spiro atoms. The van der Waals surface area contributed by atoms with Crippen LogP contribution in [0, 0.1) is 5.92 Å². The lowest BCUT2D eigenvalue weighted by Crippen LogP contribution is -2.32. The van der Waals surface area contributed by atoms with Gasteiger partial charge in [0.15, 0.2) is 11.5 Å². The van der Waals surface area contributed by atoms with Gasteiger partial charge in [-0.25, -0.2) is 8.42 Å². The van der Waals surface area contributed by atoms with Crippen molar-refractivity contribution in [2.75, 3.05) is 29.8 Å². The third-order valence-electron chi connectivity index (χ3n) is 5.38. The summed E-state index contributed by atoms with van der Waals surface area (Å²) in [4.78, 5) is 13.1. The number of carbonyl (C=O) groups is 1. The Morgan fingerprint density at radius 1 is 1.06 bits per heavy atom. The van der Waals surface area contributed by atoms with Crippen LogP contribution in [0.25, 0.3) is 0 Å². The van der Waals surface area contributed by atoms with E-state index in [1.807, 2.05) is 45.9 Å². The zero-order valence-corrected chi connectivity index (χ0v) is 19.9. The van der Waals surface area contributed by atoms with E-state index in [0.717, 1.165) is 5.56 Å². The highest BCUT2D eigenvalue weighted by atomic mass is 32.2. The number of ether oxygens (including phenoxy) is 2. The van der Waals surface area contributed by atoms with Crippen LogP contribution >= 0.6 is 0 Å². The highest BCUT2D eigenvalue weighted by Gasteiger charge is 2.29. The molecule has 0 aromatic heterocycles. The largest absolute Gasteiger partial charge is 0.490 e. The molecule has 0 saturated carbocycles. The molecule has 1 heterocycles. The molecule has 1 atom stereocenters. The minimum absolute atomic E-state index is 0.119. The van der Waals surface area contributed by atoms with Crippen LogP contribution in [0.15, 0.2) is 42.5 Å². The first kappa shape index (κ1) is 23.9. The highest BCUT2D eigenvalue weighted by Crippen LogP contribution is 2.33. The Labute approximate surface area is 190 Å². The van der Waals surface area contributed by atoms with Crippen molar-refractivity contribution in [3.05, 3.63) is 53.6 Å². The Bertz CT molecular complexity index is 1050. The van der Waals surface area contributed by atoms with Crippen LogP contribution in [-0.4, -0.2) is 39.8 Å². The summed E-state index contributed by atoms with van der Waals surface area (Å²) in [6.07, 6.45) is 0.591. The molecule has 32 heavy (non-hydrogen) atoms. The quantitative estimate of drug-likeness (QED) is 0.608. The van der Waals surface area contributed by atoms with Crippen LogP contribution in [0.2, 0.25) is 0 Å². The van der Waals surface area contributed by atoms with Crippen LogP contribution in [0.5, 0.6) is 11.5 Å². The number of hydrogen-bond donors (Lipinski definition) is 1. The van der Waals surface area contributed by atoms with Gasteiger partial charge in [0.1, 0.15) is 0 Å². The Kier molecular flexibility index (Phi) is 7.66. The molecule has 1 aliphatic heterocycles. The molecular formula is C24H32N2O5S. The van der Waals surface area contributed by atoms with Gasteiger partial charge in [-0.15, -0.1) is 0 Å². The van der Waals surface area contributed by atoms with Gasteiger partial charge in [0.2, 0.25) is 10.0 Å². The lowest BCUT2D eigenvalue weighted by molar-refractivity contribution is 0.0925. The first-order chi connectivity index (χ1) is 15.3. The van der Waals surface area contributed by atoms with Crippen molar-refractivity contribution in [3.63, 3.8) is 0 Å². The van der Waals surface area contributed by atoms with Crippen LogP contribution in [0.4, 0.5) is 5.69 Å². The first-order valence-corrected chi connectivity index (χ1v) is 12.7. The molecule has 8 heteroatoms. The minimum Gasteiger partial charge on any atom is -0.490 e. The van der Waals surface area contributed by atoms with Crippen molar-refractivity contribution in [1.82, 2.24) is 5.32 Å². The number of nitrogens with zero attached hydrogens (tertiary/aromatic N) is 1. The number of nitrogens with one attached hydrogen (secondary N) is 1. The number of sulfonamides is 1. The SMILES string of the molecule is CCOc1ccc(C(NC(=O)c2cccc(N3CCCS3(=O)=O)c2)C(C)C)cc1OCC. The van der Waals surface area contributed by atoms with Crippen molar-refractivity contribution in [2.24, 2.45) is 5.92 Å². The molecule has 2 aromatic carbocycles. The van der Waals surface area contributed by atoms with Gasteiger partial charge in [0, 0.05) is 12.1 Å². The van der Waals surface area contributed by atoms with Crippen molar-refractivity contribution >= 4 is 21.6 Å². The van der Waals surface area contributed by atoms with Gasteiger partial charge in [0.05, 0.1) is 30.7 Å². The summed E-state index contributed by atoms with van der Waals surface area (Å²) in [5.74, 6) is 1.32. The smallest absolute Gasteiger partial charge is 0.251 e. The number of hydrogen-bond acceptors (Lipinski definition) is 5. The van der Waals surface area contributed by atoms with Crippen molar-refractivity contribution in [3.8, 4) is 11.5 Å². The molecule has 1 fully saturated rings. The molecule has 174 valence electrons. The summed E-state index contributed by atoms with van der Waals surface area (Å²) in [5, 5.41) is 3.11. The van der Waals surface area contributed by atoms with Gasteiger partial charge in [-0.2, -0.15) is 0 Å².